The standard InChI is InChI=1S/C11H8BrF3N2S/c1-6-2-3-7(4-8(6)11(13,14)15)16-10-17-9(12)5-18-10/h2-5H,1H3,(H,16,17). The summed E-state index contributed by atoms with van der Waals surface area (Å²) in [7, 11) is 0. The van der Waals surface area contributed by atoms with Crippen LogP contribution in [0.1, 0.15) is 11.1 Å². The topological polar surface area (TPSA) is 24.9 Å². The van der Waals surface area contributed by atoms with Crippen molar-refractivity contribution in [2.45, 2.75) is 13.1 Å². The van der Waals surface area contributed by atoms with Crippen LogP contribution in [0.25, 0.3) is 0 Å². The van der Waals surface area contributed by atoms with E-state index in [1.165, 1.54) is 24.3 Å². The molecule has 0 aliphatic carbocycles. The number of aromatic nitrogens is 1. The SMILES string of the molecule is Cc1ccc(Nc2nc(Br)cs2)cc1C(F)(F)F. The van der Waals surface area contributed by atoms with Crippen molar-refractivity contribution in [2.24, 2.45) is 0 Å². The summed E-state index contributed by atoms with van der Waals surface area (Å²) >= 11 is 4.49. The summed E-state index contributed by atoms with van der Waals surface area (Å²) in [6.45, 7) is 1.44. The van der Waals surface area contributed by atoms with E-state index in [-0.39, 0.29) is 5.56 Å². The molecule has 0 spiro atoms. The number of hydrogen-bond acceptors (Lipinski definition) is 3. The molecule has 0 unspecified atom stereocenters. The van der Waals surface area contributed by atoms with Crippen molar-refractivity contribution in [3.05, 3.63) is 39.3 Å². The number of anilines is 2. The van der Waals surface area contributed by atoms with Gasteiger partial charge in [0.05, 0.1) is 5.56 Å². The Morgan fingerprint density at radius 2 is 2.06 bits per heavy atom. The molecule has 96 valence electrons. The monoisotopic (exact) mass is 336 g/mol. The molecule has 1 aromatic heterocycles. The van der Waals surface area contributed by atoms with Crippen molar-refractivity contribution < 1.29 is 13.2 Å². The molecule has 0 fully saturated rings. The molecule has 0 saturated carbocycles. The quantitative estimate of drug-likeness (QED) is 0.836. The molecular weight excluding hydrogens is 329 g/mol. The van der Waals surface area contributed by atoms with Gasteiger partial charge in [0, 0.05) is 11.1 Å². The van der Waals surface area contributed by atoms with Gasteiger partial charge in [0.25, 0.3) is 0 Å². The molecule has 2 nitrogen and oxygen atoms in total. The predicted molar refractivity (Wildman–Crippen MR) is 69.3 cm³/mol. The molecule has 7 heteroatoms. The summed E-state index contributed by atoms with van der Waals surface area (Å²) in [4.78, 5) is 4.06. The number of nitrogens with zero attached hydrogens (tertiary/aromatic N) is 1. The summed E-state index contributed by atoms with van der Waals surface area (Å²) in [6.07, 6.45) is -4.34. The number of halogens is 4. The minimum atomic E-state index is -4.34. The summed E-state index contributed by atoms with van der Waals surface area (Å²) in [5, 5.41) is 5.13. The van der Waals surface area contributed by atoms with E-state index in [0.717, 1.165) is 6.07 Å². The lowest BCUT2D eigenvalue weighted by atomic mass is 10.1. The van der Waals surface area contributed by atoms with E-state index in [9.17, 15) is 13.2 Å². The van der Waals surface area contributed by atoms with E-state index in [1.807, 2.05) is 0 Å². The fraction of sp³-hybridized carbons (Fsp3) is 0.182. The van der Waals surface area contributed by atoms with Crippen LogP contribution in [0.3, 0.4) is 0 Å². The zero-order chi connectivity index (χ0) is 13.3. The minimum Gasteiger partial charge on any atom is -0.332 e. The highest BCUT2D eigenvalue weighted by Crippen LogP contribution is 2.34. The van der Waals surface area contributed by atoms with Crippen LogP contribution in [0.15, 0.2) is 28.2 Å². The van der Waals surface area contributed by atoms with Crippen LogP contribution in [0.4, 0.5) is 24.0 Å². The predicted octanol–water partition coefficient (Wildman–Crippen LogP) is 4.98. The highest BCUT2D eigenvalue weighted by Gasteiger charge is 2.32. The van der Waals surface area contributed by atoms with E-state index in [1.54, 1.807) is 11.4 Å². The number of alkyl halides is 3. The van der Waals surface area contributed by atoms with Gasteiger partial charge < -0.3 is 5.32 Å². The van der Waals surface area contributed by atoms with E-state index in [4.69, 9.17) is 0 Å². The van der Waals surface area contributed by atoms with Crippen LogP contribution < -0.4 is 5.32 Å². The molecule has 1 heterocycles. The molecule has 2 aromatic rings. The van der Waals surface area contributed by atoms with Crippen LogP contribution >= 0.6 is 27.3 Å². The van der Waals surface area contributed by atoms with Gasteiger partial charge in [-0.1, -0.05) is 6.07 Å². The number of nitrogens with one attached hydrogen (secondary N) is 1. The molecule has 0 amide bonds. The Morgan fingerprint density at radius 3 is 2.61 bits per heavy atom. The van der Waals surface area contributed by atoms with Crippen LogP contribution in [0.5, 0.6) is 0 Å². The van der Waals surface area contributed by atoms with Gasteiger partial charge >= 0.3 is 6.18 Å². The zero-order valence-corrected chi connectivity index (χ0v) is 11.6. The van der Waals surface area contributed by atoms with Gasteiger partial charge in [-0.3, -0.25) is 0 Å². The van der Waals surface area contributed by atoms with Crippen molar-refractivity contribution in [1.29, 1.82) is 0 Å². The number of rotatable bonds is 2. The first kappa shape index (κ1) is 13.4. The van der Waals surface area contributed by atoms with Crippen molar-refractivity contribution in [3.63, 3.8) is 0 Å². The fourth-order valence-corrected chi connectivity index (χ4v) is 2.60. The Morgan fingerprint density at radius 1 is 1.33 bits per heavy atom. The van der Waals surface area contributed by atoms with Crippen molar-refractivity contribution in [1.82, 2.24) is 4.98 Å². The first-order valence-corrected chi connectivity index (χ1v) is 6.59. The Bertz CT molecular complexity index is 566. The molecule has 0 bridgehead atoms. The first-order valence-electron chi connectivity index (χ1n) is 4.92. The van der Waals surface area contributed by atoms with Gasteiger partial charge in [-0.2, -0.15) is 13.2 Å². The van der Waals surface area contributed by atoms with Crippen molar-refractivity contribution in [2.75, 3.05) is 5.32 Å². The summed E-state index contributed by atoms with van der Waals surface area (Å²) < 4.78 is 38.8. The second-order valence-corrected chi connectivity index (χ2v) is 5.30. The molecule has 0 radical (unpaired) electrons. The van der Waals surface area contributed by atoms with E-state index in [2.05, 4.69) is 26.2 Å². The normalized spacial score (nSPS) is 11.6. The largest absolute Gasteiger partial charge is 0.416 e. The molecular formula is C11H8BrF3N2S. The number of thiazole rings is 1. The molecule has 0 aliphatic heterocycles. The molecule has 1 aromatic carbocycles. The average Bonchev–Trinajstić information content (AvgIpc) is 2.65. The molecule has 2 rings (SSSR count). The second kappa shape index (κ2) is 4.89. The fourth-order valence-electron chi connectivity index (χ4n) is 1.44. The van der Waals surface area contributed by atoms with E-state index in [0.29, 0.717) is 15.4 Å². The second-order valence-electron chi connectivity index (χ2n) is 3.63. The minimum absolute atomic E-state index is 0.202. The third kappa shape index (κ3) is 3.02. The Hall–Kier alpha value is -1.08. The highest BCUT2D eigenvalue weighted by molar-refractivity contribution is 9.10. The molecule has 1 N–H and O–H groups in total. The van der Waals surface area contributed by atoms with Gasteiger partial charge in [-0.05, 0) is 40.5 Å². The molecule has 0 aliphatic rings. The lowest BCUT2D eigenvalue weighted by Crippen LogP contribution is -2.08. The maximum atomic E-state index is 12.7. The van der Waals surface area contributed by atoms with Crippen LogP contribution in [0, 0.1) is 6.92 Å². The number of benzene rings is 1. The van der Waals surface area contributed by atoms with E-state index >= 15 is 0 Å². The zero-order valence-electron chi connectivity index (χ0n) is 9.18. The summed E-state index contributed by atoms with van der Waals surface area (Å²) in [6, 6.07) is 4.12. The van der Waals surface area contributed by atoms with Gasteiger partial charge in [0.15, 0.2) is 5.13 Å². The van der Waals surface area contributed by atoms with Crippen molar-refractivity contribution >= 4 is 38.1 Å². The summed E-state index contributed by atoms with van der Waals surface area (Å²) in [5.41, 5.74) is -0.0636. The lowest BCUT2D eigenvalue weighted by Gasteiger charge is -2.12. The van der Waals surface area contributed by atoms with Gasteiger partial charge in [0.2, 0.25) is 0 Å². The third-order valence-electron chi connectivity index (χ3n) is 2.27. The maximum Gasteiger partial charge on any atom is 0.416 e. The van der Waals surface area contributed by atoms with E-state index < -0.39 is 11.7 Å². The van der Waals surface area contributed by atoms with Crippen LogP contribution in [0.2, 0.25) is 0 Å². The third-order valence-corrected chi connectivity index (χ3v) is 3.74. The number of aryl methyl sites for hydroxylation is 1. The van der Waals surface area contributed by atoms with Gasteiger partial charge in [-0.25, -0.2) is 4.98 Å². The smallest absolute Gasteiger partial charge is 0.332 e. The maximum absolute atomic E-state index is 12.7. The van der Waals surface area contributed by atoms with Gasteiger partial charge in [-0.15, -0.1) is 11.3 Å². The molecule has 18 heavy (non-hydrogen) atoms. The molecule has 0 saturated heterocycles. The van der Waals surface area contributed by atoms with Crippen LogP contribution in [-0.4, -0.2) is 4.98 Å². The lowest BCUT2D eigenvalue weighted by molar-refractivity contribution is -0.138. The average molecular weight is 337 g/mol. The first-order chi connectivity index (χ1) is 8.36. The Balaban J connectivity index is 2.30. The van der Waals surface area contributed by atoms with Crippen LogP contribution in [-0.2, 0) is 6.18 Å². The van der Waals surface area contributed by atoms with Gasteiger partial charge in [0.1, 0.15) is 4.60 Å². The number of hydrogen-bond donors (Lipinski definition) is 1. The Kier molecular flexibility index (Phi) is 3.63. The van der Waals surface area contributed by atoms with Crippen molar-refractivity contribution in [3.8, 4) is 0 Å². The summed E-state index contributed by atoms with van der Waals surface area (Å²) in [5.74, 6) is 0. The highest BCUT2D eigenvalue weighted by atomic mass is 79.9. The Labute approximate surface area is 114 Å². The molecule has 0 atom stereocenters.